The Labute approximate surface area is 153 Å². The molecule has 2 N–H and O–H groups in total. The quantitative estimate of drug-likeness (QED) is 0.833. The van der Waals surface area contributed by atoms with Crippen LogP contribution < -0.4 is 15.4 Å². The number of hydrogen-bond acceptors (Lipinski definition) is 4. The molecule has 1 aromatic carbocycles. The van der Waals surface area contributed by atoms with E-state index in [1.54, 1.807) is 25.4 Å². The Bertz CT molecular complexity index is 785. The van der Waals surface area contributed by atoms with Crippen molar-refractivity contribution in [2.75, 3.05) is 19.0 Å². The first-order valence-electron chi connectivity index (χ1n) is 9.15. The molecular weight excluding hydrogens is 330 g/mol. The average Bonchev–Trinajstić information content (AvgIpc) is 2.67. The molecule has 0 aliphatic heterocycles. The maximum atomic E-state index is 12.2. The second-order valence-electron chi connectivity index (χ2n) is 6.75. The number of hydrogen-bond donors (Lipinski definition) is 2. The number of carbonyl (C=O) groups excluding carboxylic acids is 2. The SMILES string of the molecule is COc1ccc(NC(=O)CNC(=O)CC2CCCCC2)c2cccnc12. The van der Waals surface area contributed by atoms with Gasteiger partial charge < -0.3 is 15.4 Å². The van der Waals surface area contributed by atoms with Crippen LogP contribution in [0.5, 0.6) is 5.75 Å². The summed E-state index contributed by atoms with van der Waals surface area (Å²) >= 11 is 0. The van der Waals surface area contributed by atoms with Crippen LogP contribution in [0.2, 0.25) is 0 Å². The molecule has 2 amide bonds. The van der Waals surface area contributed by atoms with Gasteiger partial charge in [0.05, 0.1) is 19.3 Å². The van der Waals surface area contributed by atoms with Crippen LogP contribution in [0, 0.1) is 5.92 Å². The Morgan fingerprint density at radius 1 is 1.15 bits per heavy atom. The number of rotatable bonds is 6. The first-order chi connectivity index (χ1) is 12.7. The van der Waals surface area contributed by atoms with Gasteiger partial charge in [0.2, 0.25) is 11.8 Å². The van der Waals surface area contributed by atoms with Crippen LogP contribution in [0.25, 0.3) is 10.9 Å². The van der Waals surface area contributed by atoms with Crippen molar-refractivity contribution in [3.05, 3.63) is 30.5 Å². The van der Waals surface area contributed by atoms with Gasteiger partial charge in [-0.3, -0.25) is 14.6 Å². The van der Waals surface area contributed by atoms with E-state index in [0.29, 0.717) is 29.3 Å². The van der Waals surface area contributed by atoms with E-state index < -0.39 is 0 Å². The molecule has 1 aliphatic carbocycles. The third-order valence-corrected chi connectivity index (χ3v) is 4.87. The van der Waals surface area contributed by atoms with Crippen LogP contribution in [0.4, 0.5) is 5.69 Å². The topological polar surface area (TPSA) is 80.3 Å². The minimum Gasteiger partial charge on any atom is -0.494 e. The Morgan fingerprint density at radius 2 is 1.96 bits per heavy atom. The second-order valence-corrected chi connectivity index (χ2v) is 6.75. The van der Waals surface area contributed by atoms with Crippen LogP contribution in [-0.4, -0.2) is 30.5 Å². The summed E-state index contributed by atoms with van der Waals surface area (Å²) < 4.78 is 5.31. The molecule has 2 aromatic rings. The predicted octanol–water partition coefficient (Wildman–Crippen LogP) is 3.27. The van der Waals surface area contributed by atoms with E-state index in [4.69, 9.17) is 4.74 Å². The van der Waals surface area contributed by atoms with Crippen molar-refractivity contribution >= 4 is 28.4 Å². The van der Waals surface area contributed by atoms with Gasteiger partial charge in [0.25, 0.3) is 0 Å². The molecule has 6 nitrogen and oxygen atoms in total. The summed E-state index contributed by atoms with van der Waals surface area (Å²) in [5, 5.41) is 6.38. The van der Waals surface area contributed by atoms with Crippen molar-refractivity contribution in [2.24, 2.45) is 5.92 Å². The summed E-state index contributed by atoms with van der Waals surface area (Å²) in [6, 6.07) is 7.24. The van der Waals surface area contributed by atoms with E-state index in [1.807, 2.05) is 12.1 Å². The van der Waals surface area contributed by atoms with E-state index >= 15 is 0 Å². The monoisotopic (exact) mass is 355 g/mol. The van der Waals surface area contributed by atoms with Crippen molar-refractivity contribution in [2.45, 2.75) is 38.5 Å². The number of aromatic nitrogens is 1. The summed E-state index contributed by atoms with van der Waals surface area (Å²) in [5.41, 5.74) is 1.34. The van der Waals surface area contributed by atoms with Crippen LogP contribution in [-0.2, 0) is 9.59 Å². The van der Waals surface area contributed by atoms with Crippen LogP contribution in [0.3, 0.4) is 0 Å². The molecule has 0 saturated heterocycles. The zero-order valence-electron chi connectivity index (χ0n) is 15.1. The zero-order chi connectivity index (χ0) is 18.4. The smallest absolute Gasteiger partial charge is 0.243 e. The van der Waals surface area contributed by atoms with E-state index in [0.717, 1.165) is 18.2 Å². The molecule has 0 spiro atoms. The number of nitrogens with zero attached hydrogens (tertiary/aromatic N) is 1. The number of methoxy groups -OCH3 is 1. The van der Waals surface area contributed by atoms with Crippen LogP contribution >= 0.6 is 0 Å². The summed E-state index contributed by atoms with van der Waals surface area (Å²) in [5.74, 6) is 0.813. The van der Waals surface area contributed by atoms with Gasteiger partial charge in [-0.1, -0.05) is 19.3 Å². The van der Waals surface area contributed by atoms with Gasteiger partial charge in [-0.05, 0) is 43.0 Å². The van der Waals surface area contributed by atoms with Gasteiger partial charge in [-0.25, -0.2) is 0 Å². The molecule has 3 rings (SSSR count). The van der Waals surface area contributed by atoms with Gasteiger partial charge in [0, 0.05) is 18.0 Å². The molecule has 0 radical (unpaired) electrons. The Hall–Kier alpha value is -2.63. The third kappa shape index (κ3) is 4.50. The lowest BCUT2D eigenvalue weighted by molar-refractivity contribution is -0.125. The number of ether oxygens (including phenoxy) is 1. The highest BCUT2D eigenvalue weighted by atomic mass is 16.5. The van der Waals surface area contributed by atoms with E-state index in [2.05, 4.69) is 15.6 Å². The lowest BCUT2D eigenvalue weighted by Crippen LogP contribution is -2.34. The number of fused-ring (bicyclic) bond motifs is 1. The summed E-state index contributed by atoms with van der Waals surface area (Å²) in [6.07, 6.45) is 8.11. The fraction of sp³-hybridized carbons (Fsp3) is 0.450. The summed E-state index contributed by atoms with van der Waals surface area (Å²) in [4.78, 5) is 28.6. The Balaban J connectivity index is 1.56. The molecule has 0 atom stereocenters. The molecular formula is C20H25N3O3. The molecule has 0 bridgehead atoms. The van der Waals surface area contributed by atoms with E-state index in [9.17, 15) is 9.59 Å². The molecule has 1 aliphatic rings. The lowest BCUT2D eigenvalue weighted by Gasteiger charge is -2.20. The summed E-state index contributed by atoms with van der Waals surface area (Å²) in [6.45, 7) is -0.0284. The average molecular weight is 355 g/mol. The van der Waals surface area contributed by atoms with Gasteiger partial charge in [-0.15, -0.1) is 0 Å². The number of benzene rings is 1. The van der Waals surface area contributed by atoms with Gasteiger partial charge >= 0.3 is 0 Å². The largest absolute Gasteiger partial charge is 0.494 e. The lowest BCUT2D eigenvalue weighted by atomic mass is 9.87. The summed E-state index contributed by atoms with van der Waals surface area (Å²) in [7, 11) is 1.59. The Kier molecular flexibility index (Phi) is 6.04. The molecule has 1 saturated carbocycles. The van der Waals surface area contributed by atoms with Gasteiger partial charge in [0.1, 0.15) is 11.3 Å². The predicted molar refractivity (Wildman–Crippen MR) is 101 cm³/mol. The molecule has 138 valence electrons. The fourth-order valence-corrected chi connectivity index (χ4v) is 3.52. The van der Waals surface area contributed by atoms with Gasteiger partial charge in [-0.2, -0.15) is 0 Å². The number of amides is 2. The molecule has 1 heterocycles. The first-order valence-corrected chi connectivity index (χ1v) is 9.15. The van der Waals surface area contributed by atoms with Crippen molar-refractivity contribution < 1.29 is 14.3 Å². The van der Waals surface area contributed by atoms with Crippen LogP contribution in [0.15, 0.2) is 30.5 Å². The van der Waals surface area contributed by atoms with Crippen LogP contribution in [0.1, 0.15) is 38.5 Å². The van der Waals surface area contributed by atoms with Crippen molar-refractivity contribution in [3.8, 4) is 5.75 Å². The number of carbonyl (C=O) groups is 2. The number of nitrogens with one attached hydrogen (secondary N) is 2. The minimum absolute atomic E-state index is 0.0284. The van der Waals surface area contributed by atoms with Crippen molar-refractivity contribution in [3.63, 3.8) is 0 Å². The minimum atomic E-state index is -0.252. The molecule has 1 aromatic heterocycles. The highest BCUT2D eigenvalue weighted by Gasteiger charge is 2.17. The Morgan fingerprint density at radius 3 is 2.73 bits per heavy atom. The molecule has 1 fully saturated rings. The zero-order valence-corrected chi connectivity index (χ0v) is 15.1. The van der Waals surface area contributed by atoms with Crippen molar-refractivity contribution in [1.29, 1.82) is 0 Å². The van der Waals surface area contributed by atoms with E-state index in [-0.39, 0.29) is 18.4 Å². The maximum absolute atomic E-state index is 12.2. The highest BCUT2D eigenvalue weighted by Crippen LogP contribution is 2.29. The van der Waals surface area contributed by atoms with E-state index in [1.165, 1.54) is 19.3 Å². The van der Waals surface area contributed by atoms with Gasteiger partial charge in [0.15, 0.2) is 0 Å². The normalized spacial score (nSPS) is 14.8. The van der Waals surface area contributed by atoms with Crippen molar-refractivity contribution in [1.82, 2.24) is 10.3 Å². The second kappa shape index (κ2) is 8.65. The number of anilines is 1. The first kappa shape index (κ1) is 18.2. The third-order valence-electron chi connectivity index (χ3n) is 4.87. The highest BCUT2D eigenvalue weighted by molar-refractivity contribution is 6.03. The maximum Gasteiger partial charge on any atom is 0.243 e. The number of pyridine rings is 1. The molecule has 0 unspecified atom stereocenters. The fourth-order valence-electron chi connectivity index (χ4n) is 3.52. The molecule has 26 heavy (non-hydrogen) atoms. The molecule has 6 heteroatoms. The standard InChI is InChI=1S/C20H25N3O3/c1-26-17-10-9-16(15-8-5-11-21-20(15)17)23-19(25)13-22-18(24)12-14-6-3-2-4-7-14/h5,8-11,14H,2-4,6-7,12-13H2,1H3,(H,22,24)(H,23,25).